The molecule has 0 radical (unpaired) electrons. The van der Waals surface area contributed by atoms with E-state index in [0.717, 1.165) is 22.5 Å². The van der Waals surface area contributed by atoms with Gasteiger partial charge in [-0.3, -0.25) is 4.57 Å². The van der Waals surface area contributed by atoms with Gasteiger partial charge in [-0.25, -0.2) is 4.98 Å². The van der Waals surface area contributed by atoms with Gasteiger partial charge < -0.3 is 4.74 Å². The lowest BCUT2D eigenvalue weighted by Gasteiger charge is -2.21. The van der Waals surface area contributed by atoms with Gasteiger partial charge in [-0.2, -0.15) is 0 Å². The van der Waals surface area contributed by atoms with Gasteiger partial charge in [-0.1, -0.05) is 64.1 Å². The molecule has 4 rings (SSSR count). The zero-order chi connectivity index (χ0) is 20.5. The van der Waals surface area contributed by atoms with Crippen molar-refractivity contribution in [3.8, 4) is 22.6 Å². The number of methoxy groups -OCH3 is 1. The molecule has 0 fully saturated rings. The first-order valence-electron chi connectivity index (χ1n) is 10.2. The average Bonchev–Trinajstić information content (AvgIpc) is 3.16. The fraction of sp³-hybridized carbons (Fsp3) is 0.269. The standard InChI is InChI=1S/C26H28N2O/c1-17(2)20-9-8-10-21(18(3)4)26(20)19-13-14-25(29-5)24(15-19)28-16-27-22-11-6-7-12-23(22)28/h6-18H,1-5H3. The first-order chi connectivity index (χ1) is 14.0. The van der Waals surface area contributed by atoms with Crippen LogP contribution >= 0.6 is 0 Å². The van der Waals surface area contributed by atoms with Gasteiger partial charge in [0.1, 0.15) is 12.1 Å². The number of fused-ring (bicyclic) bond motifs is 1. The van der Waals surface area contributed by atoms with Gasteiger partial charge >= 0.3 is 0 Å². The summed E-state index contributed by atoms with van der Waals surface area (Å²) in [6.07, 6.45) is 1.88. The Balaban J connectivity index is 1.98. The molecule has 4 aromatic rings. The minimum Gasteiger partial charge on any atom is -0.495 e. The Morgan fingerprint density at radius 1 is 0.828 bits per heavy atom. The summed E-state index contributed by atoms with van der Waals surface area (Å²) in [5.41, 5.74) is 8.37. The highest BCUT2D eigenvalue weighted by molar-refractivity contribution is 5.80. The van der Waals surface area contributed by atoms with Crippen molar-refractivity contribution in [2.24, 2.45) is 0 Å². The van der Waals surface area contributed by atoms with E-state index >= 15 is 0 Å². The summed E-state index contributed by atoms with van der Waals surface area (Å²) in [6.45, 7) is 9.04. The molecule has 3 aromatic carbocycles. The first-order valence-corrected chi connectivity index (χ1v) is 10.2. The second kappa shape index (κ2) is 7.75. The number of para-hydroxylation sites is 2. The minimum absolute atomic E-state index is 0.448. The van der Waals surface area contributed by atoms with E-state index in [9.17, 15) is 0 Å². The number of ether oxygens (including phenoxy) is 1. The molecule has 0 saturated heterocycles. The fourth-order valence-corrected chi connectivity index (χ4v) is 4.07. The number of aromatic nitrogens is 2. The van der Waals surface area contributed by atoms with Crippen LogP contribution in [0.4, 0.5) is 0 Å². The third kappa shape index (κ3) is 3.42. The second-order valence-electron chi connectivity index (χ2n) is 8.11. The molecule has 3 nitrogen and oxygen atoms in total. The molecule has 0 aliphatic heterocycles. The minimum atomic E-state index is 0.448. The Bertz CT molecular complexity index is 1130. The molecule has 0 unspecified atom stereocenters. The van der Waals surface area contributed by atoms with E-state index in [1.807, 2.05) is 24.5 Å². The van der Waals surface area contributed by atoms with E-state index in [1.165, 1.54) is 22.3 Å². The summed E-state index contributed by atoms with van der Waals surface area (Å²) in [6, 6.07) is 21.4. The Morgan fingerprint density at radius 3 is 2.17 bits per heavy atom. The van der Waals surface area contributed by atoms with E-state index in [-0.39, 0.29) is 0 Å². The second-order valence-corrected chi connectivity index (χ2v) is 8.11. The number of hydrogen-bond acceptors (Lipinski definition) is 2. The normalized spacial score (nSPS) is 11.6. The van der Waals surface area contributed by atoms with Gasteiger partial charge in [-0.05, 0) is 58.4 Å². The molecule has 0 spiro atoms. The van der Waals surface area contributed by atoms with Crippen LogP contribution in [0.1, 0.15) is 50.7 Å². The SMILES string of the molecule is COc1ccc(-c2c(C(C)C)cccc2C(C)C)cc1-n1cnc2ccccc21. The molecular weight excluding hydrogens is 356 g/mol. The van der Waals surface area contributed by atoms with Crippen LogP contribution in [0.2, 0.25) is 0 Å². The first kappa shape index (κ1) is 19.3. The molecule has 3 heteroatoms. The van der Waals surface area contributed by atoms with Crippen LogP contribution in [0, 0.1) is 0 Å². The molecule has 0 saturated carbocycles. The summed E-state index contributed by atoms with van der Waals surface area (Å²) in [5.74, 6) is 1.73. The Labute approximate surface area is 173 Å². The summed E-state index contributed by atoms with van der Waals surface area (Å²) >= 11 is 0. The van der Waals surface area contributed by atoms with Crippen molar-refractivity contribution >= 4 is 11.0 Å². The maximum absolute atomic E-state index is 5.72. The molecule has 29 heavy (non-hydrogen) atoms. The predicted octanol–water partition coefficient (Wildman–Crippen LogP) is 6.95. The molecule has 1 heterocycles. The lowest BCUT2D eigenvalue weighted by atomic mass is 9.85. The zero-order valence-corrected chi connectivity index (χ0v) is 17.8. The highest BCUT2D eigenvalue weighted by Crippen LogP contribution is 2.39. The molecule has 148 valence electrons. The number of benzene rings is 3. The molecule has 0 aliphatic carbocycles. The molecule has 0 N–H and O–H groups in total. The fourth-order valence-electron chi connectivity index (χ4n) is 4.07. The van der Waals surface area contributed by atoms with Crippen LogP contribution in [0.25, 0.3) is 27.8 Å². The zero-order valence-electron chi connectivity index (χ0n) is 17.8. The third-order valence-corrected chi connectivity index (χ3v) is 5.55. The van der Waals surface area contributed by atoms with E-state index in [4.69, 9.17) is 4.74 Å². The number of nitrogens with zero attached hydrogens (tertiary/aromatic N) is 2. The van der Waals surface area contributed by atoms with Crippen LogP contribution in [-0.2, 0) is 0 Å². The van der Waals surface area contributed by atoms with Crippen molar-refractivity contribution in [2.75, 3.05) is 7.11 Å². The molecule has 0 amide bonds. The van der Waals surface area contributed by atoms with Gasteiger partial charge in [0.15, 0.2) is 0 Å². The van der Waals surface area contributed by atoms with Crippen LogP contribution in [0.3, 0.4) is 0 Å². The molecule has 0 aliphatic rings. The average molecular weight is 385 g/mol. The number of imidazole rings is 1. The predicted molar refractivity (Wildman–Crippen MR) is 121 cm³/mol. The maximum Gasteiger partial charge on any atom is 0.142 e. The van der Waals surface area contributed by atoms with Gasteiger partial charge in [0, 0.05) is 0 Å². The topological polar surface area (TPSA) is 27.1 Å². The quantitative estimate of drug-likeness (QED) is 0.372. The van der Waals surface area contributed by atoms with Crippen molar-refractivity contribution in [3.05, 3.63) is 78.1 Å². The third-order valence-electron chi connectivity index (χ3n) is 5.55. The van der Waals surface area contributed by atoms with Gasteiger partial charge in [-0.15, -0.1) is 0 Å². The van der Waals surface area contributed by atoms with Crippen LogP contribution < -0.4 is 4.74 Å². The van der Waals surface area contributed by atoms with Crippen LogP contribution in [0.5, 0.6) is 5.75 Å². The van der Waals surface area contributed by atoms with E-state index in [2.05, 4.69) is 79.7 Å². The largest absolute Gasteiger partial charge is 0.495 e. The van der Waals surface area contributed by atoms with Crippen molar-refractivity contribution < 1.29 is 4.74 Å². The Kier molecular flexibility index (Phi) is 5.14. The van der Waals surface area contributed by atoms with Crippen LogP contribution in [0.15, 0.2) is 67.0 Å². The monoisotopic (exact) mass is 384 g/mol. The van der Waals surface area contributed by atoms with Crippen molar-refractivity contribution in [3.63, 3.8) is 0 Å². The lowest BCUT2D eigenvalue weighted by Crippen LogP contribution is -2.02. The smallest absolute Gasteiger partial charge is 0.142 e. The highest BCUT2D eigenvalue weighted by atomic mass is 16.5. The van der Waals surface area contributed by atoms with Crippen molar-refractivity contribution in [2.45, 2.75) is 39.5 Å². The Hall–Kier alpha value is -3.07. The maximum atomic E-state index is 5.72. The van der Waals surface area contributed by atoms with E-state index in [0.29, 0.717) is 11.8 Å². The van der Waals surface area contributed by atoms with Crippen molar-refractivity contribution in [1.29, 1.82) is 0 Å². The Morgan fingerprint density at radius 2 is 1.52 bits per heavy atom. The summed E-state index contributed by atoms with van der Waals surface area (Å²) < 4.78 is 7.83. The summed E-state index contributed by atoms with van der Waals surface area (Å²) in [4.78, 5) is 4.57. The molecule has 1 aromatic heterocycles. The van der Waals surface area contributed by atoms with Gasteiger partial charge in [0.05, 0.1) is 23.8 Å². The van der Waals surface area contributed by atoms with Gasteiger partial charge in [0.25, 0.3) is 0 Å². The van der Waals surface area contributed by atoms with Gasteiger partial charge in [0.2, 0.25) is 0 Å². The highest BCUT2D eigenvalue weighted by Gasteiger charge is 2.18. The summed E-state index contributed by atoms with van der Waals surface area (Å²) in [7, 11) is 1.72. The lowest BCUT2D eigenvalue weighted by molar-refractivity contribution is 0.413. The van der Waals surface area contributed by atoms with E-state index in [1.54, 1.807) is 7.11 Å². The number of rotatable bonds is 5. The number of hydrogen-bond donors (Lipinski definition) is 0. The molecular formula is C26H28N2O. The van der Waals surface area contributed by atoms with Crippen LogP contribution in [-0.4, -0.2) is 16.7 Å². The van der Waals surface area contributed by atoms with Crippen molar-refractivity contribution in [1.82, 2.24) is 9.55 Å². The molecule has 0 bridgehead atoms. The molecule has 0 atom stereocenters. The summed E-state index contributed by atoms with van der Waals surface area (Å²) in [5, 5.41) is 0. The van der Waals surface area contributed by atoms with E-state index < -0.39 is 0 Å².